The molecular formula is C12H11Cl2N3OS2. The van der Waals surface area contributed by atoms with E-state index < -0.39 is 0 Å². The van der Waals surface area contributed by atoms with Crippen molar-refractivity contribution in [3.05, 3.63) is 33.8 Å². The molecule has 0 unspecified atom stereocenters. The van der Waals surface area contributed by atoms with Crippen LogP contribution in [0.2, 0.25) is 10.0 Å². The first-order chi connectivity index (χ1) is 9.58. The van der Waals surface area contributed by atoms with Gasteiger partial charge in [0.05, 0.1) is 0 Å². The van der Waals surface area contributed by atoms with Crippen LogP contribution < -0.4 is 5.32 Å². The molecule has 1 N–H and O–H groups in total. The molecule has 20 heavy (non-hydrogen) atoms. The molecule has 1 aromatic carbocycles. The van der Waals surface area contributed by atoms with Crippen LogP contribution in [0.4, 0.5) is 5.13 Å². The smallest absolute Gasteiger partial charge is 0.225 e. The second-order valence-corrected chi connectivity index (χ2v) is 6.84. The van der Waals surface area contributed by atoms with Crippen molar-refractivity contribution in [2.24, 2.45) is 0 Å². The third-order valence-electron chi connectivity index (χ3n) is 2.34. The zero-order chi connectivity index (χ0) is 14.5. The molecule has 0 spiro atoms. The van der Waals surface area contributed by atoms with E-state index >= 15 is 0 Å². The molecular weight excluding hydrogens is 337 g/mol. The lowest BCUT2D eigenvalue weighted by molar-refractivity contribution is -0.115. The number of halogens is 2. The van der Waals surface area contributed by atoms with Gasteiger partial charge in [0.25, 0.3) is 0 Å². The van der Waals surface area contributed by atoms with Gasteiger partial charge in [-0.25, -0.2) is 0 Å². The first-order valence-corrected chi connectivity index (χ1v) is 8.34. The normalized spacial score (nSPS) is 10.6. The highest BCUT2D eigenvalue weighted by atomic mass is 35.5. The molecule has 0 fully saturated rings. The molecule has 0 saturated heterocycles. The van der Waals surface area contributed by atoms with Gasteiger partial charge in [0, 0.05) is 22.2 Å². The summed E-state index contributed by atoms with van der Waals surface area (Å²) in [5, 5.41) is 12.4. The van der Waals surface area contributed by atoms with Crippen molar-refractivity contribution in [2.75, 3.05) is 5.32 Å². The Hall–Kier alpha value is -0.820. The molecule has 0 atom stereocenters. The van der Waals surface area contributed by atoms with Gasteiger partial charge in [-0.05, 0) is 17.7 Å². The van der Waals surface area contributed by atoms with Gasteiger partial charge in [0.1, 0.15) is 0 Å². The predicted octanol–water partition coefficient (Wildman–Crippen LogP) is 4.49. The van der Waals surface area contributed by atoms with E-state index in [0.717, 1.165) is 9.90 Å². The van der Waals surface area contributed by atoms with Crippen molar-refractivity contribution in [1.29, 1.82) is 0 Å². The van der Waals surface area contributed by atoms with E-state index in [4.69, 9.17) is 23.2 Å². The molecule has 0 aliphatic carbocycles. The minimum Gasteiger partial charge on any atom is -0.301 e. The second-order valence-electron chi connectivity index (χ2n) is 3.80. The van der Waals surface area contributed by atoms with E-state index in [2.05, 4.69) is 15.5 Å². The van der Waals surface area contributed by atoms with Gasteiger partial charge in [-0.3, -0.25) is 4.79 Å². The van der Waals surface area contributed by atoms with Crippen LogP contribution in [0.5, 0.6) is 0 Å². The number of carbonyl (C=O) groups is 1. The molecule has 1 heterocycles. The van der Waals surface area contributed by atoms with Crippen LogP contribution in [0.3, 0.4) is 0 Å². The summed E-state index contributed by atoms with van der Waals surface area (Å²) in [6.07, 6.45) is 0.419. The Morgan fingerprint density at radius 3 is 2.90 bits per heavy atom. The third kappa shape index (κ3) is 4.34. The Labute approximate surface area is 134 Å². The van der Waals surface area contributed by atoms with Crippen LogP contribution in [0, 0.1) is 0 Å². The Kier molecular flexibility index (Phi) is 5.65. The highest BCUT2D eigenvalue weighted by Gasteiger charge is 2.08. The average molecular weight is 348 g/mol. The Bertz CT molecular complexity index is 618. The maximum Gasteiger partial charge on any atom is 0.225 e. The van der Waals surface area contributed by atoms with Crippen LogP contribution in [-0.2, 0) is 10.5 Å². The highest BCUT2D eigenvalue weighted by Crippen LogP contribution is 2.31. The van der Waals surface area contributed by atoms with Crippen molar-refractivity contribution < 1.29 is 4.79 Å². The maximum absolute atomic E-state index is 11.2. The Morgan fingerprint density at radius 1 is 1.40 bits per heavy atom. The molecule has 4 nitrogen and oxygen atoms in total. The number of amides is 1. The molecule has 0 aliphatic heterocycles. The number of nitrogens with zero attached hydrogens (tertiary/aromatic N) is 2. The lowest BCUT2D eigenvalue weighted by atomic mass is 10.2. The SMILES string of the molecule is CCC(=O)Nc1nnc(SCc2ccc(Cl)cc2Cl)s1. The molecule has 0 aliphatic rings. The molecule has 1 amide bonds. The molecule has 2 aromatic rings. The summed E-state index contributed by atoms with van der Waals surface area (Å²) in [5.74, 6) is 0.602. The number of benzene rings is 1. The molecule has 0 bridgehead atoms. The largest absolute Gasteiger partial charge is 0.301 e. The first-order valence-electron chi connectivity index (χ1n) is 5.78. The number of nitrogens with one attached hydrogen (secondary N) is 1. The van der Waals surface area contributed by atoms with Crippen LogP contribution in [0.15, 0.2) is 22.5 Å². The number of rotatable bonds is 5. The van der Waals surface area contributed by atoms with E-state index in [-0.39, 0.29) is 5.91 Å². The van der Waals surface area contributed by atoms with Gasteiger partial charge < -0.3 is 5.32 Å². The monoisotopic (exact) mass is 347 g/mol. The van der Waals surface area contributed by atoms with Crippen LogP contribution in [0.25, 0.3) is 0 Å². The number of hydrogen-bond acceptors (Lipinski definition) is 5. The van der Waals surface area contributed by atoms with Crippen molar-refractivity contribution in [2.45, 2.75) is 23.4 Å². The number of hydrogen-bond donors (Lipinski definition) is 1. The standard InChI is InChI=1S/C12H11Cl2N3OS2/c1-2-10(18)15-11-16-17-12(20-11)19-6-7-3-4-8(13)5-9(7)14/h3-5H,2,6H2,1H3,(H,15,16,18). The third-order valence-corrected chi connectivity index (χ3v) is 4.95. The lowest BCUT2D eigenvalue weighted by Gasteiger charge is -2.02. The lowest BCUT2D eigenvalue weighted by Crippen LogP contribution is -2.08. The van der Waals surface area contributed by atoms with Gasteiger partial charge >= 0.3 is 0 Å². The van der Waals surface area contributed by atoms with Crippen LogP contribution >= 0.6 is 46.3 Å². The highest BCUT2D eigenvalue weighted by molar-refractivity contribution is 8.00. The molecule has 8 heteroatoms. The fourth-order valence-electron chi connectivity index (χ4n) is 1.30. The summed E-state index contributed by atoms with van der Waals surface area (Å²) in [6, 6.07) is 5.40. The van der Waals surface area contributed by atoms with Crippen LogP contribution in [-0.4, -0.2) is 16.1 Å². The molecule has 0 saturated carbocycles. The summed E-state index contributed by atoms with van der Waals surface area (Å²) >= 11 is 14.8. The summed E-state index contributed by atoms with van der Waals surface area (Å²) in [4.78, 5) is 11.2. The van der Waals surface area contributed by atoms with Crippen molar-refractivity contribution in [3.8, 4) is 0 Å². The summed E-state index contributed by atoms with van der Waals surface area (Å²) in [6.45, 7) is 1.79. The van der Waals surface area contributed by atoms with Crippen molar-refractivity contribution >= 4 is 57.3 Å². The summed E-state index contributed by atoms with van der Waals surface area (Å²) < 4.78 is 0.780. The topological polar surface area (TPSA) is 54.9 Å². The van der Waals surface area contributed by atoms with E-state index in [1.807, 2.05) is 6.07 Å². The zero-order valence-corrected chi connectivity index (χ0v) is 13.7. The fraction of sp³-hybridized carbons (Fsp3) is 0.250. The zero-order valence-electron chi connectivity index (χ0n) is 10.5. The second kappa shape index (κ2) is 7.26. The van der Waals surface area contributed by atoms with Gasteiger partial charge in [-0.2, -0.15) is 0 Å². The van der Waals surface area contributed by atoms with E-state index in [0.29, 0.717) is 27.4 Å². The molecule has 2 rings (SSSR count). The van der Waals surface area contributed by atoms with E-state index in [9.17, 15) is 4.79 Å². The Morgan fingerprint density at radius 2 is 2.20 bits per heavy atom. The summed E-state index contributed by atoms with van der Waals surface area (Å²) in [7, 11) is 0. The minimum absolute atomic E-state index is 0.0709. The van der Waals surface area contributed by atoms with Gasteiger partial charge in [-0.15, -0.1) is 10.2 Å². The molecule has 0 radical (unpaired) electrons. The van der Waals surface area contributed by atoms with Gasteiger partial charge in [0.15, 0.2) is 4.34 Å². The summed E-state index contributed by atoms with van der Waals surface area (Å²) in [5.41, 5.74) is 0.982. The quantitative estimate of drug-likeness (QED) is 0.639. The minimum atomic E-state index is -0.0709. The molecule has 106 valence electrons. The predicted molar refractivity (Wildman–Crippen MR) is 84.9 cm³/mol. The number of anilines is 1. The first kappa shape index (κ1) is 15.6. The van der Waals surface area contributed by atoms with Gasteiger partial charge in [-0.1, -0.05) is 59.3 Å². The fourth-order valence-corrected chi connectivity index (χ4v) is 3.63. The molecule has 1 aromatic heterocycles. The number of carbonyl (C=O) groups excluding carboxylic acids is 1. The van der Waals surface area contributed by atoms with E-state index in [1.165, 1.54) is 23.1 Å². The van der Waals surface area contributed by atoms with E-state index in [1.54, 1.807) is 19.1 Å². The van der Waals surface area contributed by atoms with Crippen molar-refractivity contribution in [1.82, 2.24) is 10.2 Å². The number of thioether (sulfide) groups is 1. The number of aromatic nitrogens is 2. The van der Waals surface area contributed by atoms with Gasteiger partial charge in [0.2, 0.25) is 11.0 Å². The van der Waals surface area contributed by atoms with Crippen molar-refractivity contribution in [3.63, 3.8) is 0 Å². The average Bonchev–Trinajstić information content (AvgIpc) is 2.85. The van der Waals surface area contributed by atoms with Crippen LogP contribution in [0.1, 0.15) is 18.9 Å². The Balaban J connectivity index is 1.95. The maximum atomic E-state index is 11.2.